The fourth-order valence-electron chi connectivity index (χ4n) is 4.59. The minimum atomic E-state index is -1.08. The summed E-state index contributed by atoms with van der Waals surface area (Å²) in [5.41, 5.74) is 1.93. The van der Waals surface area contributed by atoms with Crippen molar-refractivity contribution in [3.8, 4) is 5.75 Å². The fourth-order valence-corrected chi connectivity index (χ4v) is 4.91. The summed E-state index contributed by atoms with van der Waals surface area (Å²) in [5, 5.41) is 24.0. The van der Waals surface area contributed by atoms with Crippen molar-refractivity contribution >= 4 is 35.0 Å². The zero-order valence-corrected chi connectivity index (χ0v) is 20.1. The average molecular weight is 505 g/mol. The molecule has 1 aliphatic heterocycles. The standard InChI is InChI=1S/C25H26Cl2N2O5/c1-2-21(31)29(13-14-7-8-17(26)18(27)11-14)19-12-16(25(33)28-9-10-30)22-15-5-3-4-6-20(15)34-24(22)23(19)32/h3-8,11-12,19,22-24,30,32H,2,9-10,13H2,1H3,(H,28,33). The zero-order chi connectivity index (χ0) is 24.4. The number of rotatable bonds is 7. The Morgan fingerprint density at radius 2 is 1.91 bits per heavy atom. The second-order valence-corrected chi connectivity index (χ2v) is 9.12. The Labute approximate surface area is 207 Å². The van der Waals surface area contributed by atoms with Gasteiger partial charge in [0.2, 0.25) is 11.8 Å². The third-order valence-electron chi connectivity index (χ3n) is 6.20. The number of para-hydroxylation sites is 1. The fraction of sp³-hybridized carbons (Fsp3) is 0.360. The second kappa shape index (κ2) is 10.4. The highest BCUT2D eigenvalue weighted by molar-refractivity contribution is 6.42. The van der Waals surface area contributed by atoms with E-state index in [9.17, 15) is 19.8 Å². The predicted molar refractivity (Wildman–Crippen MR) is 129 cm³/mol. The molecule has 1 heterocycles. The highest BCUT2D eigenvalue weighted by Crippen LogP contribution is 2.47. The van der Waals surface area contributed by atoms with Gasteiger partial charge in [-0.1, -0.05) is 54.4 Å². The van der Waals surface area contributed by atoms with Crippen molar-refractivity contribution in [3.63, 3.8) is 0 Å². The number of aliphatic hydroxyl groups excluding tert-OH is 2. The number of nitrogens with one attached hydrogen (secondary N) is 1. The van der Waals surface area contributed by atoms with Crippen LogP contribution in [0.3, 0.4) is 0 Å². The second-order valence-electron chi connectivity index (χ2n) is 8.30. The van der Waals surface area contributed by atoms with Gasteiger partial charge in [-0.05, 0) is 29.8 Å². The summed E-state index contributed by atoms with van der Waals surface area (Å²) in [5.74, 6) is -0.476. The molecule has 34 heavy (non-hydrogen) atoms. The van der Waals surface area contributed by atoms with E-state index in [1.807, 2.05) is 18.2 Å². The van der Waals surface area contributed by atoms with E-state index in [4.69, 9.17) is 27.9 Å². The van der Waals surface area contributed by atoms with Gasteiger partial charge in [-0.2, -0.15) is 0 Å². The van der Waals surface area contributed by atoms with E-state index < -0.39 is 24.2 Å². The van der Waals surface area contributed by atoms with Crippen LogP contribution in [0.5, 0.6) is 5.75 Å². The lowest BCUT2D eigenvalue weighted by atomic mass is 9.77. The summed E-state index contributed by atoms with van der Waals surface area (Å²) in [4.78, 5) is 27.7. The van der Waals surface area contributed by atoms with Crippen LogP contribution >= 0.6 is 23.2 Å². The largest absolute Gasteiger partial charge is 0.486 e. The maximum atomic E-state index is 13.1. The van der Waals surface area contributed by atoms with Crippen LogP contribution in [0, 0.1) is 0 Å². The first-order valence-electron chi connectivity index (χ1n) is 11.1. The van der Waals surface area contributed by atoms with Gasteiger partial charge in [-0.25, -0.2) is 0 Å². The number of hydrogen-bond donors (Lipinski definition) is 3. The Bertz CT molecular complexity index is 1120. The minimum Gasteiger partial charge on any atom is -0.486 e. The lowest BCUT2D eigenvalue weighted by Gasteiger charge is -2.40. The Balaban J connectivity index is 1.75. The van der Waals surface area contributed by atoms with Crippen LogP contribution < -0.4 is 10.1 Å². The molecule has 0 bridgehead atoms. The molecule has 0 saturated heterocycles. The molecule has 0 spiro atoms. The molecule has 0 fully saturated rings. The third kappa shape index (κ3) is 4.66. The van der Waals surface area contributed by atoms with Gasteiger partial charge in [-0.3, -0.25) is 9.59 Å². The smallest absolute Gasteiger partial charge is 0.247 e. The number of nitrogens with zero attached hydrogens (tertiary/aromatic N) is 1. The van der Waals surface area contributed by atoms with E-state index in [-0.39, 0.29) is 37.9 Å². The molecule has 9 heteroatoms. The normalized spacial score (nSPS) is 22.8. The molecule has 0 saturated carbocycles. The molecular formula is C25H26Cl2N2O5. The number of amides is 2. The summed E-state index contributed by atoms with van der Waals surface area (Å²) in [6.07, 6.45) is 0.0302. The van der Waals surface area contributed by atoms with Crippen molar-refractivity contribution in [1.82, 2.24) is 10.2 Å². The number of aliphatic hydroxyl groups is 2. The van der Waals surface area contributed by atoms with Gasteiger partial charge in [0.25, 0.3) is 0 Å². The molecule has 2 aromatic carbocycles. The lowest BCUT2D eigenvalue weighted by molar-refractivity contribution is -0.137. The van der Waals surface area contributed by atoms with E-state index in [0.29, 0.717) is 21.4 Å². The Hall–Kier alpha value is -2.58. The van der Waals surface area contributed by atoms with Crippen molar-refractivity contribution in [2.45, 2.75) is 44.1 Å². The number of fused-ring (bicyclic) bond motifs is 3. The number of benzene rings is 2. The number of carbonyl (C=O) groups is 2. The first-order valence-corrected chi connectivity index (χ1v) is 11.9. The van der Waals surface area contributed by atoms with Crippen molar-refractivity contribution in [2.75, 3.05) is 13.2 Å². The van der Waals surface area contributed by atoms with E-state index in [1.165, 1.54) is 4.90 Å². The van der Waals surface area contributed by atoms with Gasteiger partial charge < -0.3 is 25.2 Å². The monoisotopic (exact) mass is 504 g/mol. The van der Waals surface area contributed by atoms with Gasteiger partial charge >= 0.3 is 0 Å². The SMILES string of the molecule is CCC(=O)N(Cc1ccc(Cl)c(Cl)c1)C1C=C(C(=O)NCCO)C2c3ccccc3OC2C1O. The predicted octanol–water partition coefficient (Wildman–Crippen LogP) is 3.05. The number of halogens is 2. The molecule has 7 nitrogen and oxygen atoms in total. The molecule has 2 amide bonds. The number of hydrogen-bond acceptors (Lipinski definition) is 5. The summed E-state index contributed by atoms with van der Waals surface area (Å²) >= 11 is 12.2. The molecule has 2 aliphatic rings. The molecule has 180 valence electrons. The Morgan fingerprint density at radius 1 is 1.15 bits per heavy atom. The van der Waals surface area contributed by atoms with Crippen LogP contribution in [0.25, 0.3) is 0 Å². The molecule has 2 aromatic rings. The van der Waals surface area contributed by atoms with Crippen molar-refractivity contribution in [3.05, 3.63) is 75.3 Å². The Kier molecular flexibility index (Phi) is 7.48. The van der Waals surface area contributed by atoms with Gasteiger partial charge in [0.1, 0.15) is 18.0 Å². The van der Waals surface area contributed by atoms with Crippen molar-refractivity contribution in [1.29, 1.82) is 0 Å². The van der Waals surface area contributed by atoms with Crippen LogP contribution in [-0.2, 0) is 16.1 Å². The summed E-state index contributed by atoms with van der Waals surface area (Å²) < 4.78 is 6.09. The number of ether oxygens (including phenoxy) is 1. The molecule has 0 radical (unpaired) electrons. The molecular weight excluding hydrogens is 479 g/mol. The van der Waals surface area contributed by atoms with E-state index in [0.717, 1.165) is 11.1 Å². The first kappa shape index (κ1) is 24.5. The molecule has 4 rings (SSSR count). The maximum Gasteiger partial charge on any atom is 0.247 e. The zero-order valence-electron chi connectivity index (χ0n) is 18.6. The molecule has 3 N–H and O–H groups in total. The van der Waals surface area contributed by atoms with Crippen LogP contribution in [0.4, 0.5) is 0 Å². The van der Waals surface area contributed by atoms with Gasteiger partial charge in [-0.15, -0.1) is 0 Å². The first-order chi connectivity index (χ1) is 16.3. The molecule has 1 aliphatic carbocycles. The average Bonchev–Trinajstić information content (AvgIpc) is 3.23. The van der Waals surface area contributed by atoms with Crippen LogP contribution in [0.2, 0.25) is 10.0 Å². The van der Waals surface area contributed by atoms with Crippen LogP contribution in [-0.4, -0.2) is 58.3 Å². The highest BCUT2D eigenvalue weighted by Gasteiger charge is 2.50. The minimum absolute atomic E-state index is 0.0875. The highest BCUT2D eigenvalue weighted by atomic mass is 35.5. The number of carbonyl (C=O) groups excluding carboxylic acids is 2. The van der Waals surface area contributed by atoms with E-state index in [2.05, 4.69) is 5.32 Å². The quantitative estimate of drug-likeness (QED) is 0.538. The van der Waals surface area contributed by atoms with Crippen LogP contribution in [0.1, 0.15) is 30.4 Å². The lowest BCUT2D eigenvalue weighted by Crippen LogP contribution is -2.55. The summed E-state index contributed by atoms with van der Waals surface area (Å²) in [6, 6.07) is 11.6. The van der Waals surface area contributed by atoms with E-state index >= 15 is 0 Å². The summed E-state index contributed by atoms with van der Waals surface area (Å²) in [6.45, 7) is 1.79. The van der Waals surface area contributed by atoms with E-state index in [1.54, 1.807) is 37.3 Å². The van der Waals surface area contributed by atoms with Gasteiger partial charge in [0.05, 0.1) is 28.6 Å². The maximum absolute atomic E-state index is 13.1. The van der Waals surface area contributed by atoms with Gasteiger partial charge in [0, 0.05) is 30.6 Å². The molecule has 0 aromatic heterocycles. The summed E-state index contributed by atoms with van der Waals surface area (Å²) in [7, 11) is 0. The van der Waals surface area contributed by atoms with Crippen LogP contribution in [0.15, 0.2) is 54.1 Å². The van der Waals surface area contributed by atoms with Crippen molar-refractivity contribution < 1.29 is 24.5 Å². The third-order valence-corrected chi connectivity index (χ3v) is 6.94. The van der Waals surface area contributed by atoms with Crippen molar-refractivity contribution in [2.24, 2.45) is 0 Å². The molecule has 4 atom stereocenters. The molecule has 4 unspecified atom stereocenters. The Morgan fingerprint density at radius 3 is 2.62 bits per heavy atom. The topological polar surface area (TPSA) is 99.1 Å². The van der Waals surface area contributed by atoms with Gasteiger partial charge in [0.15, 0.2) is 0 Å².